The van der Waals surface area contributed by atoms with Crippen LogP contribution < -0.4 is 11.1 Å². The smallest absolute Gasteiger partial charge is 0.295 e. The van der Waals surface area contributed by atoms with Gasteiger partial charge < -0.3 is 20.6 Å². The zero-order valence-corrected chi connectivity index (χ0v) is 10.8. The number of hydrogen-bond donors (Lipinski definition) is 3. The van der Waals surface area contributed by atoms with Crippen molar-refractivity contribution in [3.05, 3.63) is 53.6 Å². The van der Waals surface area contributed by atoms with Crippen molar-refractivity contribution in [3.8, 4) is 0 Å². The number of aromatic nitrogens is 1. The SMILES string of the molecule is Nc1ccc2oc(NCc3ccc(CO)cc3)nc2c1. The van der Waals surface area contributed by atoms with Gasteiger partial charge in [0.25, 0.3) is 6.01 Å². The molecule has 0 bridgehead atoms. The number of hydrogen-bond acceptors (Lipinski definition) is 5. The maximum atomic E-state index is 8.99. The van der Waals surface area contributed by atoms with Gasteiger partial charge in [-0.1, -0.05) is 24.3 Å². The molecule has 0 unspecified atom stereocenters. The Morgan fingerprint density at radius 2 is 1.85 bits per heavy atom. The van der Waals surface area contributed by atoms with Gasteiger partial charge in [0.05, 0.1) is 6.61 Å². The van der Waals surface area contributed by atoms with Crippen LogP contribution in [0.1, 0.15) is 11.1 Å². The molecular weight excluding hydrogens is 254 g/mol. The Kier molecular flexibility index (Phi) is 3.26. The van der Waals surface area contributed by atoms with Gasteiger partial charge >= 0.3 is 0 Å². The summed E-state index contributed by atoms with van der Waals surface area (Å²) in [6.07, 6.45) is 0. The van der Waals surface area contributed by atoms with Gasteiger partial charge in [-0.2, -0.15) is 4.98 Å². The number of nitrogens with two attached hydrogens (primary N) is 1. The third-order valence-electron chi connectivity index (χ3n) is 3.06. The Hall–Kier alpha value is -2.53. The van der Waals surface area contributed by atoms with Crippen LogP contribution in [0, 0.1) is 0 Å². The number of nitrogens with zero attached hydrogens (tertiary/aromatic N) is 1. The monoisotopic (exact) mass is 269 g/mol. The van der Waals surface area contributed by atoms with E-state index in [4.69, 9.17) is 15.3 Å². The third-order valence-corrected chi connectivity index (χ3v) is 3.06. The lowest BCUT2D eigenvalue weighted by Gasteiger charge is -2.02. The van der Waals surface area contributed by atoms with E-state index in [1.54, 1.807) is 18.2 Å². The Labute approximate surface area is 116 Å². The Bertz CT molecular complexity index is 720. The lowest BCUT2D eigenvalue weighted by molar-refractivity contribution is 0.282. The fourth-order valence-electron chi connectivity index (χ4n) is 1.96. The summed E-state index contributed by atoms with van der Waals surface area (Å²) in [5.74, 6) is 0. The molecule has 20 heavy (non-hydrogen) atoms. The van der Waals surface area contributed by atoms with Crippen molar-refractivity contribution in [3.63, 3.8) is 0 Å². The molecule has 2 aromatic carbocycles. The largest absolute Gasteiger partial charge is 0.424 e. The summed E-state index contributed by atoms with van der Waals surface area (Å²) >= 11 is 0. The van der Waals surface area contributed by atoms with Gasteiger partial charge in [-0.25, -0.2) is 0 Å². The first-order valence-corrected chi connectivity index (χ1v) is 6.33. The highest BCUT2D eigenvalue weighted by atomic mass is 16.4. The number of oxazole rings is 1. The van der Waals surface area contributed by atoms with E-state index in [9.17, 15) is 0 Å². The van der Waals surface area contributed by atoms with Gasteiger partial charge in [0, 0.05) is 12.2 Å². The standard InChI is InChI=1S/C15H15N3O2/c16-12-5-6-14-13(7-12)18-15(20-14)17-8-10-1-3-11(9-19)4-2-10/h1-7,19H,8-9,16H2,(H,17,18). The molecule has 0 spiro atoms. The Balaban J connectivity index is 1.72. The first kappa shape index (κ1) is 12.5. The van der Waals surface area contributed by atoms with E-state index < -0.39 is 0 Å². The van der Waals surface area contributed by atoms with Gasteiger partial charge in [0.2, 0.25) is 0 Å². The van der Waals surface area contributed by atoms with Crippen molar-refractivity contribution in [2.24, 2.45) is 0 Å². The molecule has 1 heterocycles. The maximum absolute atomic E-state index is 8.99. The molecule has 1 aromatic heterocycles. The van der Waals surface area contributed by atoms with E-state index in [1.165, 1.54) is 0 Å². The fraction of sp³-hybridized carbons (Fsp3) is 0.133. The van der Waals surface area contributed by atoms with Crippen molar-refractivity contribution >= 4 is 22.8 Å². The summed E-state index contributed by atoms with van der Waals surface area (Å²) in [7, 11) is 0. The zero-order valence-electron chi connectivity index (χ0n) is 10.8. The number of aliphatic hydroxyl groups excluding tert-OH is 1. The minimum Gasteiger partial charge on any atom is -0.424 e. The summed E-state index contributed by atoms with van der Waals surface area (Å²) in [5, 5.41) is 12.1. The molecule has 3 rings (SSSR count). The number of rotatable bonds is 4. The second kappa shape index (κ2) is 5.22. The van der Waals surface area contributed by atoms with Crippen molar-refractivity contribution in [1.29, 1.82) is 0 Å². The lowest BCUT2D eigenvalue weighted by Crippen LogP contribution is -1.99. The highest BCUT2D eigenvalue weighted by Crippen LogP contribution is 2.21. The van der Waals surface area contributed by atoms with Gasteiger partial charge in [0.1, 0.15) is 5.52 Å². The molecule has 0 aliphatic carbocycles. The van der Waals surface area contributed by atoms with Gasteiger partial charge in [-0.15, -0.1) is 0 Å². The molecule has 3 aromatic rings. The molecule has 0 saturated carbocycles. The van der Waals surface area contributed by atoms with Crippen LogP contribution in [0.5, 0.6) is 0 Å². The van der Waals surface area contributed by atoms with Crippen LogP contribution >= 0.6 is 0 Å². The molecule has 0 atom stereocenters. The van der Waals surface area contributed by atoms with E-state index in [-0.39, 0.29) is 6.61 Å². The quantitative estimate of drug-likeness (QED) is 0.634. The Morgan fingerprint density at radius 3 is 2.60 bits per heavy atom. The van der Waals surface area contributed by atoms with Gasteiger partial charge in [-0.3, -0.25) is 0 Å². The first-order chi connectivity index (χ1) is 9.74. The second-order valence-electron chi connectivity index (χ2n) is 4.57. The van der Waals surface area contributed by atoms with Crippen LogP contribution in [0.15, 0.2) is 46.9 Å². The molecule has 0 amide bonds. The Morgan fingerprint density at radius 1 is 1.10 bits per heavy atom. The van der Waals surface area contributed by atoms with Gasteiger partial charge in [0.15, 0.2) is 5.58 Å². The lowest BCUT2D eigenvalue weighted by atomic mass is 10.1. The molecule has 102 valence electrons. The molecule has 0 aliphatic heterocycles. The first-order valence-electron chi connectivity index (χ1n) is 6.33. The molecule has 5 heteroatoms. The second-order valence-corrected chi connectivity index (χ2v) is 4.57. The van der Waals surface area contributed by atoms with Crippen molar-refractivity contribution in [2.75, 3.05) is 11.1 Å². The number of nitrogens with one attached hydrogen (secondary N) is 1. The van der Waals surface area contributed by atoms with Crippen molar-refractivity contribution < 1.29 is 9.52 Å². The summed E-state index contributed by atoms with van der Waals surface area (Å²) < 4.78 is 5.57. The molecule has 0 saturated heterocycles. The predicted octanol–water partition coefficient (Wildman–Crippen LogP) is 2.51. The zero-order chi connectivity index (χ0) is 13.9. The number of anilines is 2. The van der Waals surface area contributed by atoms with E-state index in [2.05, 4.69) is 10.3 Å². The number of benzene rings is 2. The van der Waals surface area contributed by atoms with Crippen LogP contribution in [0.25, 0.3) is 11.1 Å². The molecule has 0 fully saturated rings. The number of nitrogen functional groups attached to an aromatic ring is 1. The molecule has 4 N–H and O–H groups in total. The van der Waals surface area contributed by atoms with Crippen LogP contribution in [-0.4, -0.2) is 10.1 Å². The maximum Gasteiger partial charge on any atom is 0.295 e. The van der Waals surface area contributed by atoms with Gasteiger partial charge in [-0.05, 0) is 29.3 Å². The highest BCUT2D eigenvalue weighted by molar-refractivity contribution is 5.78. The van der Waals surface area contributed by atoms with Crippen molar-refractivity contribution in [2.45, 2.75) is 13.2 Å². The van der Waals surface area contributed by atoms with E-state index in [1.807, 2.05) is 24.3 Å². The minimum absolute atomic E-state index is 0.0558. The highest BCUT2D eigenvalue weighted by Gasteiger charge is 2.05. The molecular formula is C15H15N3O2. The molecule has 0 radical (unpaired) electrons. The van der Waals surface area contributed by atoms with E-state index in [0.717, 1.165) is 16.6 Å². The van der Waals surface area contributed by atoms with Crippen molar-refractivity contribution in [1.82, 2.24) is 4.98 Å². The number of aliphatic hydroxyl groups is 1. The normalized spacial score (nSPS) is 10.8. The van der Waals surface area contributed by atoms with E-state index >= 15 is 0 Å². The summed E-state index contributed by atoms with van der Waals surface area (Å²) in [6, 6.07) is 13.5. The third kappa shape index (κ3) is 2.57. The molecule has 0 aliphatic rings. The van der Waals surface area contributed by atoms with E-state index in [0.29, 0.717) is 23.8 Å². The topological polar surface area (TPSA) is 84.3 Å². The average molecular weight is 269 g/mol. The number of fused-ring (bicyclic) bond motifs is 1. The fourth-order valence-corrected chi connectivity index (χ4v) is 1.96. The summed E-state index contributed by atoms with van der Waals surface area (Å²) in [4.78, 5) is 4.32. The summed E-state index contributed by atoms with van der Waals surface area (Å²) in [5.41, 5.74) is 9.79. The van der Waals surface area contributed by atoms with Crippen LogP contribution in [0.2, 0.25) is 0 Å². The summed E-state index contributed by atoms with van der Waals surface area (Å²) in [6.45, 7) is 0.661. The predicted molar refractivity (Wildman–Crippen MR) is 78.1 cm³/mol. The average Bonchev–Trinajstić information content (AvgIpc) is 2.87. The van der Waals surface area contributed by atoms with Crippen LogP contribution in [0.4, 0.5) is 11.7 Å². The van der Waals surface area contributed by atoms with Crippen LogP contribution in [-0.2, 0) is 13.2 Å². The molecule has 5 nitrogen and oxygen atoms in total. The minimum atomic E-state index is 0.0558. The van der Waals surface area contributed by atoms with Crippen LogP contribution in [0.3, 0.4) is 0 Å².